The van der Waals surface area contributed by atoms with E-state index in [4.69, 9.17) is 15.7 Å². The lowest BCUT2D eigenvalue weighted by molar-refractivity contribution is -0.0662. The molecule has 3 rings (SSSR count). The molecule has 2 aromatic rings. The van der Waals surface area contributed by atoms with Crippen LogP contribution in [0.3, 0.4) is 0 Å². The minimum absolute atomic E-state index is 0.00605. The highest BCUT2D eigenvalue weighted by atomic mass is 19.3. The summed E-state index contributed by atoms with van der Waals surface area (Å²) >= 11 is 0. The summed E-state index contributed by atoms with van der Waals surface area (Å²) in [6.07, 6.45) is -1.90. The van der Waals surface area contributed by atoms with E-state index in [9.17, 15) is 18.0 Å². The van der Waals surface area contributed by atoms with Gasteiger partial charge < -0.3 is 15.8 Å². The predicted octanol–water partition coefficient (Wildman–Crippen LogP) is 2.97. The average Bonchev–Trinajstić information content (AvgIpc) is 2.71. The van der Waals surface area contributed by atoms with Gasteiger partial charge >= 0.3 is 0 Å². The first-order chi connectivity index (χ1) is 14.1. The number of hydrogen-bond donors (Lipinski definition) is 2. The maximum Gasteiger partial charge on any atom is 0.274 e. The zero-order valence-corrected chi connectivity index (χ0v) is 16.1. The van der Waals surface area contributed by atoms with Gasteiger partial charge in [0.2, 0.25) is 0 Å². The van der Waals surface area contributed by atoms with Gasteiger partial charge in [0.15, 0.2) is 5.54 Å². The summed E-state index contributed by atoms with van der Waals surface area (Å²) in [6, 6.07) is 7.86. The van der Waals surface area contributed by atoms with E-state index in [0.29, 0.717) is 0 Å². The number of alkyl halides is 2. The van der Waals surface area contributed by atoms with Crippen LogP contribution < -0.4 is 11.1 Å². The number of nitrogens with one attached hydrogen (secondary N) is 1. The first-order valence-electron chi connectivity index (χ1n) is 8.84. The van der Waals surface area contributed by atoms with Crippen LogP contribution in [-0.2, 0) is 10.3 Å². The molecule has 30 heavy (non-hydrogen) atoms. The van der Waals surface area contributed by atoms with E-state index in [1.54, 1.807) is 13.8 Å². The highest BCUT2D eigenvalue weighted by Gasteiger charge is 2.49. The molecule has 0 bridgehead atoms. The van der Waals surface area contributed by atoms with Gasteiger partial charge in [-0.25, -0.2) is 23.1 Å². The first-order valence-corrected chi connectivity index (χ1v) is 8.84. The lowest BCUT2D eigenvalue weighted by Gasteiger charge is -2.40. The summed E-state index contributed by atoms with van der Waals surface area (Å²) < 4.78 is 48.1. The maximum absolute atomic E-state index is 14.6. The van der Waals surface area contributed by atoms with Crippen molar-refractivity contribution in [3.8, 4) is 6.07 Å². The molecule has 0 spiro atoms. The number of halogens is 3. The number of ether oxygens (including phenoxy) is 1. The van der Waals surface area contributed by atoms with Gasteiger partial charge in [0.25, 0.3) is 12.3 Å². The van der Waals surface area contributed by atoms with Crippen LogP contribution in [-0.4, -0.2) is 35.4 Å². The van der Waals surface area contributed by atoms with Crippen molar-refractivity contribution in [3.05, 3.63) is 59.2 Å². The third kappa shape index (κ3) is 3.84. The number of aliphatic imine (C=N–C) groups is 1. The standard InChI is InChI=1S/C20H18F3N5O2/c1-19(2)18(25)28-20(10-30-19,17(22)23)13-7-12(4-5-14(13)21)27-16(29)15-6-3-11(8-24)9-26-15/h3-7,9,17H,10H2,1-2H3,(H2,25,28)(H,27,29)/t20-/m0/s1. The van der Waals surface area contributed by atoms with Crippen LogP contribution in [0.1, 0.15) is 35.5 Å². The van der Waals surface area contributed by atoms with Crippen LogP contribution >= 0.6 is 0 Å². The van der Waals surface area contributed by atoms with Crippen molar-refractivity contribution in [1.82, 2.24) is 4.98 Å². The number of aromatic nitrogens is 1. The molecule has 1 aliphatic heterocycles. The lowest BCUT2D eigenvalue weighted by atomic mass is 9.88. The fourth-order valence-electron chi connectivity index (χ4n) is 2.84. The molecule has 0 radical (unpaired) electrons. The summed E-state index contributed by atoms with van der Waals surface area (Å²) in [6.45, 7) is 2.54. The Kier molecular flexibility index (Phi) is 5.50. The number of carbonyl (C=O) groups excluding carboxylic acids is 1. The normalized spacial score (nSPS) is 20.4. The molecule has 1 atom stereocenters. The minimum Gasteiger partial charge on any atom is -0.385 e. The van der Waals surface area contributed by atoms with E-state index in [-0.39, 0.29) is 22.8 Å². The Bertz CT molecular complexity index is 1050. The molecule has 7 nitrogen and oxygen atoms in total. The number of amides is 1. The van der Waals surface area contributed by atoms with Gasteiger partial charge in [-0.15, -0.1) is 0 Å². The molecule has 1 aromatic carbocycles. The zero-order chi connectivity index (χ0) is 22.1. The molecule has 0 aliphatic carbocycles. The van der Waals surface area contributed by atoms with E-state index in [1.165, 1.54) is 24.4 Å². The molecule has 156 valence electrons. The summed E-state index contributed by atoms with van der Waals surface area (Å²) in [4.78, 5) is 20.1. The van der Waals surface area contributed by atoms with Crippen LogP contribution in [0.4, 0.5) is 18.9 Å². The monoisotopic (exact) mass is 417 g/mol. The van der Waals surface area contributed by atoms with E-state index in [0.717, 1.165) is 12.1 Å². The molecule has 10 heteroatoms. The molecule has 0 unspecified atom stereocenters. The number of nitrogens with two attached hydrogens (primary N) is 1. The van der Waals surface area contributed by atoms with Gasteiger partial charge in [-0.3, -0.25) is 4.79 Å². The summed E-state index contributed by atoms with van der Waals surface area (Å²) in [5.74, 6) is -1.79. The summed E-state index contributed by atoms with van der Waals surface area (Å²) in [5.41, 5.74) is 2.24. The predicted molar refractivity (Wildman–Crippen MR) is 103 cm³/mol. The van der Waals surface area contributed by atoms with Crippen molar-refractivity contribution in [1.29, 1.82) is 5.26 Å². The molecule has 3 N–H and O–H groups in total. The molecule has 1 aliphatic rings. The molecule has 2 heterocycles. The number of nitrogens with zero attached hydrogens (tertiary/aromatic N) is 3. The molecular weight excluding hydrogens is 399 g/mol. The molecule has 1 aromatic heterocycles. The number of carbonyl (C=O) groups is 1. The second kappa shape index (κ2) is 7.76. The van der Waals surface area contributed by atoms with E-state index >= 15 is 0 Å². The van der Waals surface area contributed by atoms with Crippen molar-refractivity contribution >= 4 is 17.4 Å². The van der Waals surface area contributed by atoms with Crippen LogP contribution in [0, 0.1) is 17.1 Å². The maximum atomic E-state index is 14.6. The Balaban J connectivity index is 1.97. The van der Waals surface area contributed by atoms with Crippen molar-refractivity contribution in [3.63, 3.8) is 0 Å². The van der Waals surface area contributed by atoms with E-state index < -0.39 is 41.5 Å². The fourth-order valence-corrected chi connectivity index (χ4v) is 2.84. The Hall–Kier alpha value is -3.45. The molecular formula is C20H18F3N5O2. The molecule has 0 fully saturated rings. The highest BCUT2D eigenvalue weighted by Crippen LogP contribution is 2.40. The number of anilines is 1. The third-order valence-electron chi connectivity index (χ3n) is 4.77. The van der Waals surface area contributed by atoms with Crippen molar-refractivity contribution in [2.45, 2.75) is 31.4 Å². The van der Waals surface area contributed by atoms with E-state index in [2.05, 4.69) is 15.3 Å². The lowest BCUT2D eigenvalue weighted by Crippen LogP contribution is -2.53. The van der Waals surface area contributed by atoms with Crippen molar-refractivity contribution in [2.24, 2.45) is 10.7 Å². The van der Waals surface area contributed by atoms with Gasteiger partial charge in [0.1, 0.15) is 29.0 Å². The SMILES string of the molecule is CC1(C)OC[C@](c2cc(NC(=O)c3ccc(C#N)cn3)ccc2F)(C(F)F)N=C1N. The molecule has 1 amide bonds. The van der Waals surface area contributed by atoms with Crippen LogP contribution in [0.15, 0.2) is 41.5 Å². The minimum atomic E-state index is -3.12. The fraction of sp³-hybridized carbons (Fsp3) is 0.300. The van der Waals surface area contributed by atoms with Gasteiger partial charge in [0.05, 0.1) is 12.2 Å². The van der Waals surface area contributed by atoms with Crippen LogP contribution in [0.5, 0.6) is 0 Å². The summed E-state index contributed by atoms with van der Waals surface area (Å²) in [7, 11) is 0. The largest absolute Gasteiger partial charge is 0.385 e. The molecule has 0 saturated carbocycles. The number of hydrogen-bond acceptors (Lipinski definition) is 6. The van der Waals surface area contributed by atoms with Crippen molar-refractivity contribution < 1.29 is 22.7 Å². The van der Waals surface area contributed by atoms with Crippen LogP contribution in [0.25, 0.3) is 0 Å². The topological polar surface area (TPSA) is 113 Å². The van der Waals surface area contributed by atoms with Crippen LogP contribution in [0.2, 0.25) is 0 Å². The number of nitriles is 1. The number of amidine groups is 1. The second-order valence-electron chi connectivity index (χ2n) is 7.21. The Morgan fingerprint density at radius 1 is 1.33 bits per heavy atom. The third-order valence-corrected chi connectivity index (χ3v) is 4.77. The summed E-state index contributed by atoms with van der Waals surface area (Å²) in [5, 5.41) is 11.3. The number of benzene rings is 1. The molecule has 0 saturated heterocycles. The second-order valence-corrected chi connectivity index (χ2v) is 7.21. The number of pyridine rings is 1. The quantitative estimate of drug-likeness (QED) is 0.794. The first kappa shape index (κ1) is 21.3. The highest BCUT2D eigenvalue weighted by molar-refractivity contribution is 6.02. The smallest absolute Gasteiger partial charge is 0.274 e. The van der Waals surface area contributed by atoms with Gasteiger partial charge in [0, 0.05) is 17.4 Å². The van der Waals surface area contributed by atoms with Gasteiger partial charge in [-0.1, -0.05) is 0 Å². The number of rotatable bonds is 4. The Labute approximate surface area is 170 Å². The zero-order valence-electron chi connectivity index (χ0n) is 16.1. The van der Waals surface area contributed by atoms with Gasteiger partial charge in [-0.05, 0) is 44.2 Å². The van der Waals surface area contributed by atoms with Crippen molar-refractivity contribution in [2.75, 3.05) is 11.9 Å². The Morgan fingerprint density at radius 2 is 2.07 bits per heavy atom. The Morgan fingerprint density at radius 3 is 2.63 bits per heavy atom. The van der Waals surface area contributed by atoms with E-state index in [1.807, 2.05) is 6.07 Å². The van der Waals surface area contributed by atoms with Gasteiger partial charge in [-0.2, -0.15) is 5.26 Å². The average molecular weight is 417 g/mol.